The lowest BCUT2D eigenvalue weighted by Gasteiger charge is -2.58. The lowest BCUT2D eigenvalue weighted by molar-refractivity contribution is -0.991. The van der Waals surface area contributed by atoms with Crippen LogP contribution in [-0.4, -0.2) is 17.3 Å². The van der Waals surface area contributed by atoms with E-state index in [4.69, 9.17) is 4.74 Å². The molecule has 0 amide bonds. The number of esters is 1. The number of fused-ring (bicyclic) bond motifs is 5. The van der Waals surface area contributed by atoms with E-state index in [1.54, 1.807) is 12.1 Å². The maximum absolute atomic E-state index is 12.9. The van der Waals surface area contributed by atoms with E-state index in [0.717, 1.165) is 54.8 Å². The molecular weight excluding hydrogens is 486 g/mol. The third-order valence-electron chi connectivity index (χ3n) is 11.9. The molecule has 4 aliphatic rings. The van der Waals surface area contributed by atoms with Gasteiger partial charge in [-0.2, -0.15) is 5.23 Å². The summed E-state index contributed by atoms with van der Waals surface area (Å²) in [6.07, 6.45) is 16.1. The van der Waals surface area contributed by atoms with Crippen molar-refractivity contribution in [3.05, 3.63) is 46.7 Å². The van der Waals surface area contributed by atoms with Crippen LogP contribution in [0.1, 0.15) is 116 Å². The average Bonchev–Trinajstić information content (AvgIpc) is 3.26. The average molecular weight is 538 g/mol. The molecule has 1 aromatic carbocycles. The summed E-state index contributed by atoms with van der Waals surface area (Å²) in [5.74, 6) is 4.50. The first-order chi connectivity index (χ1) is 18.5. The lowest BCUT2D eigenvalue weighted by Crippen LogP contribution is -2.99. The van der Waals surface area contributed by atoms with Crippen LogP contribution in [-0.2, 0) is 4.74 Å². The van der Waals surface area contributed by atoms with Crippen molar-refractivity contribution in [2.75, 3.05) is 0 Å². The normalized spacial score (nSPS) is 37.3. The highest BCUT2D eigenvalue weighted by Gasteiger charge is 2.59. The number of hydrogen-bond acceptors (Lipinski definition) is 4. The highest BCUT2D eigenvalue weighted by molar-refractivity contribution is 5.90. The van der Waals surface area contributed by atoms with Crippen molar-refractivity contribution in [3.63, 3.8) is 0 Å². The molecule has 2 N–H and O–H groups in total. The molecule has 9 atom stereocenters. The smallest absolute Gasteiger partial charge is 0.338 e. The Morgan fingerprint density at radius 3 is 2.64 bits per heavy atom. The zero-order valence-corrected chi connectivity index (χ0v) is 24.9. The molecule has 0 radical (unpaired) electrons. The zero-order valence-electron chi connectivity index (χ0n) is 24.9. The van der Waals surface area contributed by atoms with E-state index >= 15 is 0 Å². The fourth-order valence-electron chi connectivity index (χ4n) is 9.75. The Morgan fingerprint density at radius 2 is 1.90 bits per heavy atom. The van der Waals surface area contributed by atoms with E-state index in [-0.39, 0.29) is 17.2 Å². The van der Waals surface area contributed by atoms with E-state index in [2.05, 4.69) is 40.7 Å². The van der Waals surface area contributed by atoms with Gasteiger partial charge >= 0.3 is 5.97 Å². The van der Waals surface area contributed by atoms with Crippen molar-refractivity contribution in [1.82, 2.24) is 0 Å². The molecular formula is C34H51NO4. The molecule has 5 nitrogen and oxygen atoms in total. The van der Waals surface area contributed by atoms with Crippen LogP contribution in [0, 0.1) is 51.5 Å². The molecule has 0 bridgehead atoms. The monoisotopic (exact) mass is 537 g/mol. The van der Waals surface area contributed by atoms with Crippen LogP contribution in [0.15, 0.2) is 35.9 Å². The van der Waals surface area contributed by atoms with Crippen LogP contribution in [0.4, 0.5) is 5.69 Å². The minimum absolute atomic E-state index is 0.116. The molecule has 4 aliphatic carbocycles. The highest BCUT2D eigenvalue weighted by atomic mass is 16.8. The number of carbonyl (C=O) groups excluding carboxylic acids is 1. The SMILES string of the molecule is CC(C)CCC[C@@H](C)[C@H]1CC[C@H]2[C@@H]3CC=C4C[C@H](OC(=O)c5cccc([NH+]([O-])O)c5)CC[C@]4(C)[C@H]3CC[C@]12C. The molecule has 0 saturated heterocycles. The predicted octanol–water partition coefficient (Wildman–Crippen LogP) is 7.66. The number of nitrogens with one attached hydrogen (secondary N) is 1. The van der Waals surface area contributed by atoms with E-state index in [9.17, 15) is 15.2 Å². The zero-order chi connectivity index (χ0) is 27.9. The minimum Gasteiger partial charge on any atom is -0.595 e. The Balaban J connectivity index is 1.24. The third-order valence-corrected chi connectivity index (χ3v) is 11.9. The first-order valence-electron chi connectivity index (χ1n) is 15.8. The number of ether oxygens (including phenoxy) is 1. The first-order valence-corrected chi connectivity index (χ1v) is 15.8. The Kier molecular flexibility index (Phi) is 8.35. The van der Waals surface area contributed by atoms with Gasteiger partial charge in [0.05, 0.1) is 5.56 Å². The topological polar surface area (TPSA) is 74.0 Å². The van der Waals surface area contributed by atoms with Crippen LogP contribution >= 0.6 is 0 Å². The molecule has 0 aromatic heterocycles. The molecule has 216 valence electrons. The number of hydrogen-bond donors (Lipinski definition) is 2. The Morgan fingerprint density at radius 1 is 1.10 bits per heavy atom. The summed E-state index contributed by atoms with van der Waals surface area (Å²) >= 11 is 0. The Bertz CT molecular complexity index is 1070. The molecule has 1 unspecified atom stereocenters. The summed E-state index contributed by atoms with van der Waals surface area (Å²) in [7, 11) is 0. The van der Waals surface area contributed by atoms with Crippen molar-refractivity contribution in [2.45, 2.75) is 111 Å². The minimum atomic E-state index is -1.03. The van der Waals surface area contributed by atoms with Gasteiger partial charge in [0.1, 0.15) is 6.10 Å². The second-order valence-corrected chi connectivity index (χ2v) is 14.4. The highest BCUT2D eigenvalue weighted by Crippen LogP contribution is 2.67. The van der Waals surface area contributed by atoms with Crippen LogP contribution in [0.2, 0.25) is 0 Å². The van der Waals surface area contributed by atoms with Crippen molar-refractivity contribution in [3.8, 4) is 0 Å². The molecule has 3 fully saturated rings. The number of allylic oxidation sites excluding steroid dienone is 1. The van der Waals surface area contributed by atoms with Crippen molar-refractivity contribution in [2.24, 2.45) is 46.3 Å². The standard InChI is InChI=1S/C34H51NO4/c1-22(2)8-6-9-23(3)29-14-15-30-28-13-12-25-21-27(16-18-33(25,4)31(28)17-19-34(29,30)5)39-32(36)24-10-7-11-26(20-24)35(37)38/h7,10-12,20,22-23,27-31,35,37H,6,8-9,13-19,21H2,1-5H3/t23-,27-,28+,29-,30+,31+,33+,34-/m1/s1. The summed E-state index contributed by atoms with van der Waals surface area (Å²) < 4.78 is 5.94. The lowest BCUT2D eigenvalue weighted by atomic mass is 9.47. The maximum Gasteiger partial charge on any atom is 0.338 e. The van der Waals surface area contributed by atoms with Gasteiger partial charge in [0.25, 0.3) is 0 Å². The van der Waals surface area contributed by atoms with Gasteiger partial charge < -0.3 is 9.94 Å². The number of rotatable bonds is 8. The number of carbonyl (C=O) groups is 1. The molecule has 39 heavy (non-hydrogen) atoms. The molecule has 3 saturated carbocycles. The summed E-state index contributed by atoms with van der Waals surface area (Å²) in [4.78, 5) is 12.9. The summed E-state index contributed by atoms with van der Waals surface area (Å²) in [6, 6.07) is 6.18. The second-order valence-electron chi connectivity index (χ2n) is 14.4. The van der Waals surface area contributed by atoms with E-state index in [0.29, 0.717) is 11.0 Å². The van der Waals surface area contributed by atoms with Gasteiger partial charge in [-0.3, -0.25) is 0 Å². The fraction of sp³-hybridized carbons (Fsp3) is 0.735. The third kappa shape index (κ3) is 5.48. The molecule has 0 aliphatic heterocycles. The molecule has 5 rings (SSSR count). The molecule has 0 spiro atoms. The number of quaternary nitrogens is 1. The van der Waals surface area contributed by atoms with Gasteiger partial charge in [-0.05, 0) is 97.3 Å². The van der Waals surface area contributed by atoms with Crippen molar-refractivity contribution >= 4 is 11.7 Å². The second kappa shape index (κ2) is 11.3. The van der Waals surface area contributed by atoms with Gasteiger partial charge in [0.2, 0.25) is 0 Å². The van der Waals surface area contributed by atoms with Gasteiger partial charge in [0.15, 0.2) is 5.69 Å². The van der Waals surface area contributed by atoms with Crippen LogP contribution in [0.25, 0.3) is 0 Å². The van der Waals surface area contributed by atoms with E-state index in [1.807, 2.05) is 0 Å². The van der Waals surface area contributed by atoms with Crippen molar-refractivity contribution < 1.29 is 20.0 Å². The summed E-state index contributed by atoms with van der Waals surface area (Å²) in [6.45, 7) is 12.4. The van der Waals surface area contributed by atoms with E-state index in [1.165, 1.54) is 69.1 Å². The van der Waals surface area contributed by atoms with Gasteiger partial charge in [-0.15, -0.1) is 0 Å². The summed E-state index contributed by atoms with van der Waals surface area (Å²) in [5.41, 5.74) is 2.66. The predicted molar refractivity (Wildman–Crippen MR) is 154 cm³/mol. The molecule has 1 aromatic rings. The van der Waals surface area contributed by atoms with Crippen LogP contribution in [0.3, 0.4) is 0 Å². The first kappa shape index (κ1) is 28.8. The van der Waals surface area contributed by atoms with Gasteiger partial charge in [-0.25, -0.2) is 10.0 Å². The number of benzene rings is 1. The fourth-order valence-corrected chi connectivity index (χ4v) is 9.75. The Labute approximate surface area is 235 Å². The quantitative estimate of drug-likeness (QED) is 0.203. The van der Waals surface area contributed by atoms with Crippen LogP contribution in [0.5, 0.6) is 0 Å². The van der Waals surface area contributed by atoms with Gasteiger partial charge in [-0.1, -0.05) is 71.6 Å². The largest absolute Gasteiger partial charge is 0.595 e. The molecule has 0 heterocycles. The van der Waals surface area contributed by atoms with Crippen molar-refractivity contribution in [1.29, 1.82) is 0 Å². The maximum atomic E-state index is 12.9. The van der Waals surface area contributed by atoms with Gasteiger partial charge in [0, 0.05) is 18.6 Å². The Hall–Kier alpha value is -1.69. The van der Waals surface area contributed by atoms with E-state index < -0.39 is 11.2 Å². The molecule has 5 heteroatoms. The summed E-state index contributed by atoms with van der Waals surface area (Å²) in [5, 5.41) is 19.6. The van der Waals surface area contributed by atoms with Crippen LogP contribution < -0.4 is 5.23 Å².